The highest BCUT2D eigenvalue weighted by Gasteiger charge is 2.37. The zero-order valence-electron chi connectivity index (χ0n) is 26.9. The zero-order valence-corrected chi connectivity index (χ0v) is 26.9. The number of hydrogen-bond donors (Lipinski definition) is 7. The summed E-state index contributed by atoms with van der Waals surface area (Å²) in [4.78, 5) is 36.1. The van der Waals surface area contributed by atoms with Crippen molar-refractivity contribution in [1.29, 1.82) is 0 Å². The number of nitrogens with two attached hydrogens (primary N) is 4. The fourth-order valence-corrected chi connectivity index (χ4v) is 5.17. The van der Waals surface area contributed by atoms with Crippen LogP contribution in [0.5, 0.6) is 5.75 Å². The van der Waals surface area contributed by atoms with Crippen LogP contribution in [0.15, 0.2) is 64.1 Å². The van der Waals surface area contributed by atoms with E-state index in [1.807, 2.05) is 51.1 Å². The van der Waals surface area contributed by atoms with Gasteiger partial charge in [0.2, 0.25) is 11.8 Å². The van der Waals surface area contributed by atoms with Crippen molar-refractivity contribution in [2.45, 2.75) is 76.9 Å². The predicted molar refractivity (Wildman–Crippen MR) is 178 cm³/mol. The molecule has 0 fully saturated rings. The number of benzene rings is 2. The summed E-state index contributed by atoms with van der Waals surface area (Å²) in [6.07, 6.45) is 2.73. The molecule has 248 valence electrons. The van der Waals surface area contributed by atoms with Gasteiger partial charge in [-0.15, -0.1) is 0 Å². The zero-order chi connectivity index (χ0) is 33.9. The lowest BCUT2D eigenvalue weighted by molar-refractivity contribution is -0.130. The van der Waals surface area contributed by atoms with E-state index in [2.05, 4.69) is 32.3 Å². The van der Waals surface area contributed by atoms with E-state index in [0.717, 1.165) is 28.7 Å². The van der Waals surface area contributed by atoms with Crippen LogP contribution in [0, 0.1) is 13.8 Å². The van der Waals surface area contributed by atoms with Crippen molar-refractivity contribution >= 4 is 17.8 Å². The Hall–Kier alpha value is -4.75. The van der Waals surface area contributed by atoms with Crippen molar-refractivity contribution in [2.75, 3.05) is 13.1 Å². The highest BCUT2D eigenvalue weighted by molar-refractivity contribution is 5.91. The van der Waals surface area contributed by atoms with Gasteiger partial charge in [-0.1, -0.05) is 42.1 Å². The van der Waals surface area contributed by atoms with E-state index in [-0.39, 0.29) is 37.0 Å². The lowest BCUT2D eigenvalue weighted by Crippen LogP contribution is -2.56. The van der Waals surface area contributed by atoms with Crippen molar-refractivity contribution < 1.29 is 19.2 Å². The third kappa shape index (κ3) is 10.1. The Morgan fingerprint density at radius 1 is 1.11 bits per heavy atom. The Morgan fingerprint density at radius 2 is 1.78 bits per heavy atom. The summed E-state index contributed by atoms with van der Waals surface area (Å²) in [5, 5.41) is 20.2. The number of aliphatic imine (C=N–C) groups is 1. The number of nitrogens with zero attached hydrogens (tertiary/aromatic N) is 3. The topological polar surface area (TPSA) is 234 Å². The van der Waals surface area contributed by atoms with Gasteiger partial charge in [-0.05, 0) is 93.0 Å². The number of unbranched alkanes of at least 4 members (excludes halogenated alkanes) is 1. The highest BCUT2D eigenvalue weighted by Crippen LogP contribution is 2.27. The molecule has 0 radical (unpaired) electrons. The van der Waals surface area contributed by atoms with Crippen LogP contribution in [-0.4, -0.2) is 58.2 Å². The van der Waals surface area contributed by atoms with Gasteiger partial charge >= 0.3 is 0 Å². The molecule has 0 aliphatic heterocycles. The summed E-state index contributed by atoms with van der Waals surface area (Å²) in [7, 11) is 0. The third-order valence-corrected chi connectivity index (χ3v) is 7.85. The maximum atomic E-state index is 14.1. The number of aromatic nitrogens is 2. The summed E-state index contributed by atoms with van der Waals surface area (Å²) in [6.45, 7) is 10.1. The largest absolute Gasteiger partial charge is 0.508 e. The first-order valence-corrected chi connectivity index (χ1v) is 15.3. The molecule has 3 atom stereocenters. The van der Waals surface area contributed by atoms with E-state index in [4.69, 9.17) is 27.5 Å². The maximum Gasteiger partial charge on any atom is 0.252 e. The Kier molecular flexibility index (Phi) is 12.8. The Balaban J connectivity index is 1.90. The van der Waals surface area contributed by atoms with Crippen LogP contribution in [0.1, 0.15) is 66.6 Å². The minimum absolute atomic E-state index is 0.0786. The lowest BCUT2D eigenvalue weighted by Gasteiger charge is -2.30. The molecule has 0 aliphatic rings. The molecular weight excluding hydrogens is 586 g/mol. The molecule has 2 amide bonds. The first-order chi connectivity index (χ1) is 21.8. The molecule has 46 heavy (non-hydrogen) atoms. The summed E-state index contributed by atoms with van der Waals surface area (Å²) < 4.78 is 5.71. The first-order valence-electron chi connectivity index (χ1n) is 15.3. The van der Waals surface area contributed by atoms with Crippen LogP contribution < -0.4 is 33.6 Å². The number of guanidine groups is 1. The number of carbonyl (C=O) groups is 2. The maximum absolute atomic E-state index is 14.1. The van der Waals surface area contributed by atoms with Gasteiger partial charge in [0.15, 0.2) is 11.8 Å². The standard InChI is InChI=1S/C33H47N9O4/c1-20(12-15-38-32(36)37)28(35)30(45)39-26(19-25-21(2)16-24(43)17-22(25)3)29(44)41-33(4,13-8-9-14-34)31-40-27(42-46-31)18-23-10-6-5-7-11-23/h5-7,10-11,16-17,26,28,43H,1,8-9,12-15,18-19,34-35H2,2-4H3,(H,39,45)(H,41,44)(H4,36,37,38)/t26-,28-,33?/m1/s1. The summed E-state index contributed by atoms with van der Waals surface area (Å²) in [5.74, 6) is -0.307. The van der Waals surface area contributed by atoms with Crippen molar-refractivity contribution in [3.05, 3.63) is 88.6 Å². The van der Waals surface area contributed by atoms with Gasteiger partial charge in [-0.25, -0.2) is 0 Å². The quantitative estimate of drug-likeness (QED) is 0.0492. The normalized spacial score (nSPS) is 13.7. The van der Waals surface area contributed by atoms with Gasteiger partial charge in [-0.2, -0.15) is 4.98 Å². The SMILES string of the molecule is C=C(CCN=C(N)N)[C@@H](N)C(=O)N[C@H](Cc1c(C)cc(O)cc1C)C(=O)NC(C)(CCCCN)c1nc(Cc2ccccc2)no1. The van der Waals surface area contributed by atoms with Crippen LogP contribution >= 0.6 is 0 Å². The van der Waals surface area contributed by atoms with Crippen molar-refractivity contribution in [2.24, 2.45) is 27.9 Å². The number of aromatic hydroxyl groups is 1. The summed E-state index contributed by atoms with van der Waals surface area (Å²) >= 11 is 0. The molecule has 0 bridgehead atoms. The van der Waals surface area contributed by atoms with Crippen molar-refractivity contribution in [3.8, 4) is 5.75 Å². The smallest absolute Gasteiger partial charge is 0.252 e. The highest BCUT2D eigenvalue weighted by atomic mass is 16.5. The summed E-state index contributed by atoms with van der Waals surface area (Å²) in [5.41, 5.74) is 25.5. The second-order valence-electron chi connectivity index (χ2n) is 11.8. The molecule has 3 rings (SSSR count). The van der Waals surface area contributed by atoms with Gasteiger partial charge in [0.05, 0.1) is 0 Å². The number of rotatable bonds is 17. The Morgan fingerprint density at radius 3 is 2.41 bits per heavy atom. The fraction of sp³-hybridized carbons (Fsp3) is 0.424. The van der Waals surface area contributed by atoms with Crippen LogP contribution in [0.2, 0.25) is 0 Å². The van der Waals surface area contributed by atoms with Crippen molar-refractivity contribution in [1.82, 2.24) is 20.8 Å². The fourth-order valence-electron chi connectivity index (χ4n) is 5.17. The minimum Gasteiger partial charge on any atom is -0.508 e. The van der Waals surface area contributed by atoms with Gasteiger partial charge in [0.1, 0.15) is 23.4 Å². The average molecular weight is 634 g/mol. The number of phenolic OH excluding ortho intramolecular Hbond substituents is 1. The molecule has 0 aliphatic carbocycles. The molecule has 11 N–H and O–H groups in total. The number of phenols is 1. The van der Waals surface area contributed by atoms with E-state index in [1.54, 1.807) is 12.1 Å². The van der Waals surface area contributed by atoms with Crippen LogP contribution in [0.25, 0.3) is 0 Å². The van der Waals surface area contributed by atoms with Crippen molar-refractivity contribution in [3.63, 3.8) is 0 Å². The second-order valence-corrected chi connectivity index (χ2v) is 11.8. The second kappa shape index (κ2) is 16.5. The molecule has 0 spiro atoms. The van der Waals surface area contributed by atoms with Crippen LogP contribution in [0.3, 0.4) is 0 Å². The molecule has 1 heterocycles. The summed E-state index contributed by atoms with van der Waals surface area (Å²) in [6, 6.07) is 10.8. The number of hydrogen-bond acceptors (Lipinski definition) is 9. The molecular formula is C33H47N9O4. The van der Waals surface area contributed by atoms with E-state index >= 15 is 0 Å². The monoisotopic (exact) mass is 633 g/mol. The van der Waals surface area contributed by atoms with E-state index in [9.17, 15) is 14.7 Å². The number of carbonyl (C=O) groups excluding carboxylic acids is 2. The van der Waals surface area contributed by atoms with E-state index in [0.29, 0.717) is 37.2 Å². The van der Waals surface area contributed by atoms with Crippen LogP contribution in [-0.2, 0) is 28.0 Å². The van der Waals surface area contributed by atoms with Crippen LogP contribution in [0.4, 0.5) is 0 Å². The molecule has 0 saturated heterocycles. The molecule has 3 aromatic rings. The number of amides is 2. The molecule has 13 nitrogen and oxygen atoms in total. The predicted octanol–water partition coefficient (Wildman–Crippen LogP) is 1.72. The molecule has 1 aromatic heterocycles. The number of nitrogens with one attached hydrogen (secondary N) is 2. The van der Waals surface area contributed by atoms with E-state index < -0.39 is 29.4 Å². The number of aryl methyl sites for hydroxylation is 2. The van der Waals surface area contributed by atoms with E-state index in [1.165, 1.54) is 0 Å². The van der Waals surface area contributed by atoms with Gasteiger partial charge < -0.3 is 43.2 Å². The van der Waals surface area contributed by atoms with Gasteiger partial charge in [-0.3, -0.25) is 14.6 Å². The van der Waals surface area contributed by atoms with Gasteiger partial charge in [0.25, 0.3) is 5.89 Å². The third-order valence-electron chi connectivity index (χ3n) is 7.85. The average Bonchev–Trinajstić information content (AvgIpc) is 3.47. The molecule has 0 saturated carbocycles. The lowest BCUT2D eigenvalue weighted by atomic mass is 9.91. The minimum atomic E-state index is -1.11. The molecule has 1 unspecified atom stereocenters. The Bertz CT molecular complexity index is 1500. The molecule has 2 aromatic carbocycles. The molecule has 13 heteroatoms. The first kappa shape index (κ1) is 35.7. The van der Waals surface area contributed by atoms with Gasteiger partial charge in [0, 0.05) is 19.4 Å². The Labute approximate surface area is 269 Å².